The monoisotopic (exact) mass is 273 g/mol. The van der Waals surface area contributed by atoms with Crippen LogP contribution in [0.1, 0.15) is 36.6 Å². The van der Waals surface area contributed by atoms with Crippen molar-refractivity contribution in [3.8, 4) is 0 Å². The lowest BCUT2D eigenvalue weighted by Crippen LogP contribution is -2.28. The van der Waals surface area contributed by atoms with Crippen LogP contribution < -0.4 is 10.9 Å². The standard InChI is InChI=1S/C14H19N5O/c20-14-6-5-11-12(3-1-4-13(11)17-14)15-7-2-9-19-10-8-16-18-19/h5-6,8,10,12,15H,1-4,7,9H2,(H,17,20). The maximum Gasteiger partial charge on any atom is 0.248 e. The molecule has 0 radical (unpaired) electrons. The van der Waals surface area contributed by atoms with E-state index in [9.17, 15) is 4.79 Å². The van der Waals surface area contributed by atoms with Crippen LogP contribution in [0.2, 0.25) is 0 Å². The molecule has 2 aromatic heterocycles. The van der Waals surface area contributed by atoms with Crippen molar-refractivity contribution in [2.45, 2.75) is 38.3 Å². The molecule has 3 rings (SSSR count). The fourth-order valence-corrected chi connectivity index (χ4v) is 2.78. The highest BCUT2D eigenvalue weighted by Crippen LogP contribution is 2.27. The number of aryl methyl sites for hydroxylation is 2. The Morgan fingerprint density at radius 2 is 2.40 bits per heavy atom. The Morgan fingerprint density at radius 1 is 1.45 bits per heavy atom. The zero-order valence-corrected chi connectivity index (χ0v) is 11.4. The van der Waals surface area contributed by atoms with E-state index in [1.54, 1.807) is 12.3 Å². The Kier molecular flexibility index (Phi) is 3.92. The molecule has 0 fully saturated rings. The third-order valence-electron chi connectivity index (χ3n) is 3.76. The van der Waals surface area contributed by atoms with Gasteiger partial charge in [0, 0.05) is 30.5 Å². The fourth-order valence-electron chi connectivity index (χ4n) is 2.78. The number of hydrogen-bond donors (Lipinski definition) is 2. The van der Waals surface area contributed by atoms with Crippen LogP contribution in [0.15, 0.2) is 29.3 Å². The van der Waals surface area contributed by atoms with Crippen molar-refractivity contribution >= 4 is 0 Å². The first kappa shape index (κ1) is 13.1. The van der Waals surface area contributed by atoms with E-state index in [0.717, 1.165) is 44.5 Å². The minimum Gasteiger partial charge on any atom is -0.326 e. The van der Waals surface area contributed by atoms with Gasteiger partial charge in [-0.2, -0.15) is 0 Å². The summed E-state index contributed by atoms with van der Waals surface area (Å²) in [5.41, 5.74) is 2.34. The summed E-state index contributed by atoms with van der Waals surface area (Å²) in [6.45, 7) is 1.81. The van der Waals surface area contributed by atoms with Gasteiger partial charge in [0.25, 0.3) is 0 Å². The highest BCUT2D eigenvalue weighted by Gasteiger charge is 2.19. The fraction of sp³-hybridized carbons (Fsp3) is 0.500. The highest BCUT2D eigenvalue weighted by atomic mass is 16.1. The smallest absolute Gasteiger partial charge is 0.248 e. The molecule has 0 aliphatic heterocycles. The summed E-state index contributed by atoms with van der Waals surface area (Å²) in [6.07, 6.45) is 7.80. The van der Waals surface area contributed by atoms with Crippen molar-refractivity contribution in [1.29, 1.82) is 0 Å². The number of rotatable bonds is 5. The number of pyridine rings is 1. The Morgan fingerprint density at radius 3 is 3.25 bits per heavy atom. The molecule has 1 unspecified atom stereocenters. The van der Waals surface area contributed by atoms with Gasteiger partial charge in [-0.05, 0) is 37.8 Å². The summed E-state index contributed by atoms with van der Waals surface area (Å²) in [6, 6.07) is 3.93. The second kappa shape index (κ2) is 6.00. The van der Waals surface area contributed by atoms with E-state index in [0.29, 0.717) is 6.04 Å². The van der Waals surface area contributed by atoms with Gasteiger partial charge in [0.15, 0.2) is 0 Å². The van der Waals surface area contributed by atoms with Gasteiger partial charge in [-0.15, -0.1) is 5.10 Å². The van der Waals surface area contributed by atoms with Gasteiger partial charge in [0.2, 0.25) is 5.56 Å². The van der Waals surface area contributed by atoms with E-state index in [2.05, 4.69) is 20.6 Å². The Bertz CT molecular complexity index is 604. The Balaban J connectivity index is 1.55. The van der Waals surface area contributed by atoms with Gasteiger partial charge in [-0.3, -0.25) is 9.48 Å². The second-order valence-electron chi connectivity index (χ2n) is 5.18. The van der Waals surface area contributed by atoms with Crippen molar-refractivity contribution in [1.82, 2.24) is 25.3 Å². The largest absolute Gasteiger partial charge is 0.326 e. The lowest BCUT2D eigenvalue weighted by molar-refractivity contribution is 0.434. The van der Waals surface area contributed by atoms with Gasteiger partial charge in [-0.1, -0.05) is 11.3 Å². The molecule has 6 heteroatoms. The quantitative estimate of drug-likeness (QED) is 0.798. The molecule has 106 valence electrons. The van der Waals surface area contributed by atoms with E-state index in [1.807, 2.05) is 16.9 Å². The normalized spacial score (nSPS) is 17.9. The molecular formula is C14H19N5O. The van der Waals surface area contributed by atoms with Crippen LogP contribution in [0, 0.1) is 0 Å². The van der Waals surface area contributed by atoms with Crippen LogP contribution in [0.5, 0.6) is 0 Å². The number of aromatic nitrogens is 4. The molecule has 0 aromatic carbocycles. The van der Waals surface area contributed by atoms with E-state index in [-0.39, 0.29) is 5.56 Å². The molecular weight excluding hydrogens is 254 g/mol. The summed E-state index contributed by atoms with van der Waals surface area (Å²) in [7, 11) is 0. The van der Waals surface area contributed by atoms with Crippen molar-refractivity contribution < 1.29 is 0 Å². The van der Waals surface area contributed by atoms with Gasteiger partial charge in [-0.25, -0.2) is 0 Å². The van der Waals surface area contributed by atoms with Crippen LogP contribution in [0.4, 0.5) is 0 Å². The van der Waals surface area contributed by atoms with Crippen LogP contribution in [0.25, 0.3) is 0 Å². The summed E-state index contributed by atoms with van der Waals surface area (Å²) in [5, 5.41) is 11.3. The van der Waals surface area contributed by atoms with Crippen LogP contribution in [-0.2, 0) is 13.0 Å². The number of H-pyrrole nitrogens is 1. The molecule has 0 saturated carbocycles. The molecule has 2 aromatic rings. The molecule has 2 heterocycles. The summed E-state index contributed by atoms with van der Waals surface area (Å²) in [5.74, 6) is 0. The van der Waals surface area contributed by atoms with E-state index in [1.165, 1.54) is 5.56 Å². The first-order chi connectivity index (χ1) is 9.83. The molecule has 1 aliphatic rings. The molecule has 0 amide bonds. The van der Waals surface area contributed by atoms with Gasteiger partial charge >= 0.3 is 0 Å². The van der Waals surface area contributed by atoms with Crippen LogP contribution >= 0.6 is 0 Å². The average molecular weight is 273 g/mol. The lowest BCUT2D eigenvalue weighted by atomic mass is 9.91. The third kappa shape index (κ3) is 2.96. The minimum absolute atomic E-state index is 0.00409. The maximum absolute atomic E-state index is 11.3. The Labute approximate surface area is 117 Å². The summed E-state index contributed by atoms with van der Waals surface area (Å²) >= 11 is 0. The SMILES string of the molecule is O=c1ccc2c([nH]1)CCCC2NCCCn1ccnn1. The molecule has 6 nitrogen and oxygen atoms in total. The molecule has 2 N–H and O–H groups in total. The second-order valence-corrected chi connectivity index (χ2v) is 5.18. The molecule has 0 saturated heterocycles. The first-order valence-corrected chi connectivity index (χ1v) is 7.12. The molecule has 20 heavy (non-hydrogen) atoms. The summed E-state index contributed by atoms with van der Waals surface area (Å²) < 4.78 is 1.84. The zero-order chi connectivity index (χ0) is 13.8. The van der Waals surface area contributed by atoms with Gasteiger partial charge in [0.1, 0.15) is 0 Å². The van der Waals surface area contributed by atoms with Crippen molar-refractivity contribution in [3.05, 3.63) is 46.1 Å². The van der Waals surface area contributed by atoms with Crippen molar-refractivity contribution in [3.63, 3.8) is 0 Å². The van der Waals surface area contributed by atoms with Gasteiger partial charge < -0.3 is 10.3 Å². The third-order valence-corrected chi connectivity index (χ3v) is 3.76. The van der Waals surface area contributed by atoms with Gasteiger partial charge in [0.05, 0.1) is 6.20 Å². The van der Waals surface area contributed by atoms with E-state index < -0.39 is 0 Å². The van der Waals surface area contributed by atoms with Crippen LogP contribution in [-0.4, -0.2) is 26.5 Å². The summed E-state index contributed by atoms with van der Waals surface area (Å²) in [4.78, 5) is 14.3. The number of nitrogens with zero attached hydrogens (tertiary/aromatic N) is 3. The predicted octanol–water partition coefficient (Wildman–Crippen LogP) is 1.02. The van der Waals surface area contributed by atoms with E-state index >= 15 is 0 Å². The van der Waals surface area contributed by atoms with Crippen molar-refractivity contribution in [2.24, 2.45) is 0 Å². The molecule has 1 atom stereocenters. The number of aromatic amines is 1. The minimum atomic E-state index is -0.00409. The molecule has 0 spiro atoms. The molecule has 0 bridgehead atoms. The predicted molar refractivity (Wildman–Crippen MR) is 75.4 cm³/mol. The van der Waals surface area contributed by atoms with E-state index in [4.69, 9.17) is 0 Å². The number of fused-ring (bicyclic) bond motifs is 1. The van der Waals surface area contributed by atoms with Crippen LogP contribution in [0.3, 0.4) is 0 Å². The number of nitrogens with one attached hydrogen (secondary N) is 2. The first-order valence-electron chi connectivity index (χ1n) is 7.12. The highest BCUT2D eigenvalue weighted by molar-refractivity contribution is 5.26. The van der Waals surface area contributed by atoms with Crippen molar-refractivity contribution in [2.75, 3.05) is 6.54 Å². The zero-order valence-electron chi connectivity index (χ0n) is 11.4. The topological polar surface area (TPSA) is 75.6 Å². The maximum atomic E-state index is 11.3. The number of hydrogen-bond acceptors (Lipinski definition) is 4. The molecule has 1 aliphatic carbocycles. The Hall–Kier alpha value is -1.95. The lowest BCUT2D eigenvalue weighted by Gasteiger charge is -2.26. The average Bonchev–Trinajstić information content (AvgIpc) is 2.96.